The van der Waals surface area contributed by atoms with E-state index in [0.717, 1.165) is 0 Å². The van der Waals surface area contributed by atoms with Crippen LogP contribution in [0, 0.1) is 12.4 Å². The van der Waals surface area contributed by atoms with Gasteiger partial charge < -0.3 is 25.3 Å². The normalized spacial score (nSPS) is 10.7. The van der Waals surface area contributed by atoms with Crippen LogP contribution in [0.15, 0.2) is 60.8 Å². The van der Waals surface area contributed by atoms with Gasteiger partial charge in [-0.1, -0.05) is 23.7 Å². The van der Waals surface area contributed by atoms with Gasteiger partial charge in [0.1, 0.15) is 30.5 Å². The number of benzene rings is 3. The third-order valence-electron chi connectivity index (χ3n) is 5.13. The van der Waals surface area contributed by atoms with Crippen molar-refractivity contribution in [2.75, 3.05) is 31.4 Å². The van der Waals surface area contributed by atoms with Gasteiger partial charge in [0.05, 0.1) is 35.1 Å². The maximum absolute atomic E-state index is 13.4. The molecule has 1 aromatic heterocycles. The van der Waals surface area contributed by atoms with Crippen LogP contribution in [0.25, 0.3) is 15.7 Å². The summed E-state index contributed by atoms with van der Waals surface area (Å²) in [5, 5.41) is 4.28. The molecule has 0 amide bonds. The Kier molecular flexibility index (Phi) is 7.51. The Morgan fingerprint density at radius 3 is 2.69 bits per heavy atom. The molecule has 0 bridgehead atoms. The van der Waals surface area contributed by atoms with Crippen molar-refractivity contribution < 1.29 is 18.6 Å². The molecular weight excluding hydrogens is 471 g/mol. The lowest BCUT2D eigenvalue weighted by atomic mass is 10.1. The van der Waals surface area contributed by atoms with Crippen molar-refractivity contribution in [3.63, 3.8) is 0 Å². The third kappa shape index (κ3) is 5.72. The second kappa shape index (κ2) is 10.9. The Bertz CT molecular complexity index is 1410. The van der Waals surface area contributed by atoms with Gasteiger partial charge in [0.25, 0.3) is 0 Å². The molecule has 0 radical (unpaired) electrons. The Morgan fingerprint density at radius 1 is 1.09 bits per heavy atom. The van der Waals surface area contributed by atoms with Gasteiger partial charge in [0, 0.05) is 30.4 Å². The first-order chi connectivity index (χ1) is 17.0. The average molecular weight is 493 g/mol. The molecule has 0 unspecified atom stereocenters. The van der Waals surface area contributed by atoms with Crippen LogP contribution in [0.4, 0.5) is 27.1 Å². The molecule has 178 valence electrons. The lowest BCUT2D eigenvalue weighted by Crippen LogP contribution is -2.06. The second-order valence-corrected chi connectivity index (χ2v) is 7.97. The lowest BCUT2D eigenvalue weighted by molar-refractivity contribution is 0.147. The van der Waals surface area contributed by atoms with Crippen LogP contribution in [-0.4, -0.2) is 25.3 Å². The van der Waals surface area contributed by atoms with E-state index < -0.39 is 0 Å². The topological polar surface area (TPSA) is 83.0 Å². The molecule has 0 spiro atoms. The zero-order valence-corrected chi connectivity index (χ0v) is 19.6. The number of fused-ring (bicyclic) bond motifs is 1. The third-order valence-corrected chi connectivity index (χ3v) is 5.42. The zero-order chi connectivity index (χ0) is 24.8. The van der Waals surface area contributed by atoms with Crippen LogP contribution in [-0.2, 0) is 11.3 Å². The molecule has 35 heavy (non-hydrogen) atoms. The molecule has 3 N–H and O–H groups in total. The van der Waals surface area contributed by atoms with E-state index in [1.165, 1.54) is 18.3 Å². The summed E-state index contributed by atoms with van der Waals surface area (Å²) in [6.45, 7) is 8.52. The first kappa shape index (κ1) is 24.1. The molecule has 0 saturated carbocycles. The summed E-state index contributed by atoms with van der Waals surface area (Å²) in [6, 6.07) is 14.8. The number of rotatable bonds is 9. The highest BCUT2D eigenvalue weighted by molar-refractivity contribution is 6.32. The molecule has 0 saturated heterocycles. The fraction of sp³-hybridized carbons (Fsp3) is 0.154. The van der Waals surface area contributed by atoms with Gasteiger partial charge in [-0.3, -0.25) is 4.98 Å². The number of nitrogens with two attached hydrogens (primary N) is 1. The number of pyridine rings is 1. The van der Waals surface area contributed by atoms with Gasteiger partial charge in [0.15, 0.2) is 0 Å². The van der Waals surface area contributed by atoms with Gasteiger partial charge >= 0.3 is 0 Å². The largest absolute Gasteiger partial charge is 0.489 e. The number of nitrogens with one attached hydrogen (secondary N) is 1. The maximum atomic E-state index is 13.4. The van der Waals surface area contributed by atoms with Gasteiger partial charge in [-0.25, -0.2) is 9.24 Å². The molecule has 3 aromatic carbocycles. The minimum atomic E-state index is -0.328. The van der Waals surface area contributed by atoms with Crippen LogP contribution < -0.4 is 20.5 Å². The van der Waals surface area contributed by atoms with E-state index in [2.05, 4.69) is 15.1 Å². The maximum Gasteiger partial charge on any atom is 0.228 e. The summed E-state index contributed by atoms with van der Waals surface area (Å²) in [5.74, 6) is 0.617. The number of nitrogen functional groups attached to an aromatic ring is 1. The predicted octanol–water partition coefficient (Wildman–Crippen LogP) is 6.51. The minimum Gasteiger partial charge on any atom is -0.489 e. The Hall–Kier alpha value is -4.06. The molecule has 4 aromatic rings. The van der Waals surface area contributed by atoms with Gasteiger partial charge in [-0.15, -0.1) is 0 Å². The fourth-order valence-electron chi connectivity index (χ4n) is 3.43. The number of ether oxygens (including phenoxy) is 3. The monoisotopic (exact) mass is 492 g/mol. The summed E-state index contributed by atoms with van der Waals surface area (Å²) >= 11 is 6.43. The molecule has 0 aliphatic carbocycles. The molecule has 1 heterocycles. The van der Waals surface area contributed by atoms with Crippen LogP contribution >= 0.6 is 11.6 Å². The predicted molar refractivity (Wildman–Crippen MR) is 135 cm³/mol. The number of halogens is 2. The first-order valence-electron chi connectivity index (χ1n) is 10.6. The van der Waals surface area contributed by atoms with E-state index in [0.29, 0.717) is 69.0 Å². The molecule has 0 fully saturated rings. The van der Waals surface area contributed by atoms with Crippen molar-refractivity contribution >= 4 is 45.3 Å². The smallest absolute Gasteiger partial charge is 0.228 e. The SMILES string of the molecule is [C-]#[N+]c1cnc2cc(OCCOC)c(N)cc2c1Nc1ccc(OCc2cccc(F)c2)c(Cl)c1. The highest BCUT2D eigenvalue weighted by Crippen LogP contribution is 2.39. The van der Waals surface area contributed by atoms with Crippen LogP contribution in [0.1, 0.15) is 5.56 Å². The van der Waals surface area contributed by atoms with Crippen molar-refractivity contribution in [2.24, 2.45) is 0 Å². The summed E-state index contributed by atoms with van der Waals surface area (Å²) in [5.41, 5.74) is 9.43. The van der Waals surface area contributed by atoms with E-state index in [1.54, 1.807) is 49.6 Å². The van der Waals surface area contributed by atoms with Gasteiger partial charge in [0.2, 0.25) is 5.69 Å². The quantitative estimate of drug-likeness (QED) is 0.157. The molecule has 0 aliphatic heterocycles. The zero-order valence-electron chi connectivity index (χ0n) is 18.8. The lowest BCUT2D eigenvalue weighted by Gasteiger charge is -2.15. The molecule has 7 nitrogen and oxygen atoms in total. The average Bonchev–Trinajstić information content (AvgIpc) is 2.84. The second-order valence-electron chi connectivity index (χ2n) is 7.57. The highest BCUT2D eigenvalue weighted by Gasteiger charge is 2.14. The van der Waals surface area contributed by atoms with E-state index in [9.17, 15) is 4.39 Å². The van der Waals surface area contributed by atoms with Crippen molar-refractivity contribution in [3.8, 4) is 11.5 Å². The van der Waals surface area contributed by atoms with Crippen molar-refractivity contribution in [1.82, 2.24) is 4.98 Å². The van der Waals surface area contributed by atoms with E-state index in [-0.39, 0.29) is 12.4 Å². The summed E-state index contributed by atoms with van der Waals surface area (Å²) < 4.78 is 29.8. The van der Waals surface area contributed by atoms with Gasteiger partial charge in [-0.05, 0) is 42.0 Å². The summed E-state index contributed by atoms with van der Waals surface area (Å²) in [7, 11) is 1.59. The first-order valence-corrected chi connectivity index (χ1v) is 11.0. The Balaban J connectivity index is 1.58. The Labute approximate surface area is 207 Å². The number of hydrogen-bond donors (Lipinski definition) is 2. The highest BCUT2D eigenvalue weighted by atomic mass is 35.5. The molecular formula is C26H22ClFN4O3. The van der Waals surface area contributed by atoms with E-state index in [1.807, 2.05) is 0 Å². The Morgan fingerprint density at radius 2 is 1.94 bits per heavy atom. The summed E-state index contributed by atoms with van der Waals surface area (Å²) in [6.07, 6.45) is 1.49. The minimum absolute atomic E-state index is 0.176. The number of nitrogens with zero attached hydrogens (tertiary/aromatic N) is 2. The molecule has 0 atom stereocenters. The number of anilines is 3. The standard InChI is InChI=1S/C26H22ClFN4O3/c1-30-23-14-31-22-13-25(34-9-8-33-2)21(29)12-19(22)26(23)32-18-6-7-24(20(27)11-18)35-15-16-4-3-5-17(28)10-16/h3-7,10-14H,8-9,15,29H2,2H3,(H,31,32). The molecule has 9 heteroatoms. The summed E-state index contributed by atoms with van der Waals surface area (Å²) in [4.78, 5) is 7.97. The van der Waals surface area contributed by atoms with E-state index in [4.69, 9.17) is 38.1 Å². The molecule has 4 rings (SSSR count). The fourth-order valence-corrected chi connectivity index (χ4v) is 3.67. The van der Waals surface area contributed by atoms with Crippen molar-refractivity contribution in [2.45, 2.75) is 6.61 Å². The van der Waals surface area contributed by atoms with Gasteiger partial charge in [-0.2, -0.15) is 0 Å². The van der Waals surface area contributed by atoms with Crippen molar-refractivity contribution in [1.29, 1.82) is 0 Å². The van der Waals surface area contributed by atoms with Crippen LogP contribution in [0.3, 0.4) is 0 Å². The van der Waals surface area contributed by atoms with Crippen LogP contribution in [0.5, 0.6) is 11.5 Å². The van der Waals surface area contributed by atoms with Crippen molar-refractivity contribution in [3.05, 3.63) is 88.6 Å². The van der Waals surface area contributed by atoms with E-state index >= 15 is 0 Å². The number of methoxy groups -OCH3 is 1. The van der Waals surface area contributed by atoms with Crippen LogP contribution in [0.2, 0.25) is 5.02 Å². The number of aromatic nitrogens is 1. The molecule has 0 aliphatic rings. The number of hydrogen-bond acceptors (Lipinski definition) is 6.